The zero-order valence-corrected chi connectivity index (χ0v) is 28.0. The van der Waals surface area contributed by atoms with Crippen molar-refractivity contribution in [2.75, 3.05) is 7.11 Å². The number of hydrogen-bond acceptors (Lipinski definition) is 4. The van der Waals surface area contributed by atoms with Crippen LogP contribution in [0, 0.1) is 12.8 Å². The van der Waals surface area contributed by atoms with Crippen LogP contribution in [0.25, 0.3) is 10.9 Å². The fraction of sp³-hybridized carbons (Fsp3) is 0.421. The third-order valence-electron chi connectivity index (χ3n) is 8.19. The van der Waals surface area contributed by atoms with E-state index in [-0.39, 0.29) is 17.4 Å². The van der Waals surface area contributed by atoms with Crippen molar-refractivity contribution in [1.29, 1.82) is 0 Å². The van der Waals surface area contributed by atoms with Crippen molar-refractivity contribution in [3.63, 3.8) is 0 Å². The van der Waals surface area contributed by atoms with E-state index in [1.165, 1.54) is 23.9 Å². The van der Waals surface area contributed by atoms with Crippen LogP contribution in [-0.2, 0) is 27.9 Å². The van der Waals surface area contributed by atoms with Crippen LogP contribution in [0.5, 0.6) is 5.75 Å². The van der Waals surface area contributed by atoms with E-state index >= 15 is 0 Å². The topological polar surface area (TPSA) is 69.6 Å². The smallest absolute Gasteiger partial charge is 0.349 e. The second-order valence-corrected chi connectivity index (χ2v) is 13.8. The van der Waals surface area contributed by atoms with Crippen LogP contribution >= 0.6 is 0 Å². The summed E-state index contributed by atoms with van der Waals surface area (Å²) in [5.41, 5.74) is 6.44. The third-order valence-corrected chi connectivity index (χ3v) is 8.19. The SMILES string of the molecule is COC(=O)C(C)(C)Oc1cccc(Cc2c(C)n(CC(C)C)c3cc(C(=O)N[C@@H](C)c4cccc(C(C)(C)C)c4)ccc23)c1. The highest BCUT2D eigenvalue weighted by molar-refractivity contribution is 5.99. The highest BCUT2D eigenvalue weighted by atomic mass is 16.6. The van der Waals surface area contributed by atoms with Crippen molar-refractivity contribution in [3.05, 3.63) is 100 Å². The molecule has 6 heteroatoms. The second kappa shape index (κ2) is 12.9. The Hall–Kier alpha value is -4.06. The molecule has 0 fully saturated rings. The number of fused-ring (bicyclic) bond motifs is 1. The maximum absolute atomic E-state index is 13.5. The molecule has 0 saturated carbocycles. The van der Waals surface area contributed by atoms with Gasteiger partial charge in [0, 0.05) is 28.7 Å². The molecule has 3 aromatic carbocycles. The summed E-state index contributed by atoms with van der Waals surface area (Å²) in [7, 11) is 1.36. The molecule has 0 bridgehead atoms. The number of aromatic nitrogens is 1. The number of ether oxygens (including phenoxy) is 2. The zero-order chi connectivity index (χ0) is 32.4. The first-order valence-electron chi connectivity index (χ1n) is 15.5. The quantitative estimate of drug-likeness (QED) is 0.187. The molecule has 0 aliphatic heterocycles. The van der Waals surface area contributed by atoms with E-state index in [1.54, 1.807) is 13.8 Å². The van der Waals surface area contributed by atoms with Crippen molar-refractivity contribution in [2.24, 2.45) is 5.92 Å². The molecule has 44 heavy (non-hydrogen) atoms. The zero-order valence-electron chi connectivity index (χ0n) is 28.0. The van der Waals surface area contributed by atoms with Crippen molar-refractivity contribution in [2.45, 2.75) is 92.3 Å². The second-order valence-electron chi connectivity index (χ2n) is 13.8. The highest BCUT2D eigenvalue weighted by Gasteiger charge is 2.31. The van der Waals surface area contributed by atoms with E-state index in [1.807, 2.05) is 37.3 Å². The van der Waals surface area contributed by atoms with E-state index < -0.39 is 11.6 Å². The van der Waals surface area contributed by atoms with Gasteiger partial charge in [-0.15, -0.1) is 0 Å². The Kier molecular flexibility index (Phi) is 9.62. The number of methoxy groups -OCH3 is 1. The molecule has 1 aromatic heterocycles. The molecule has 1 heterocycles. The number of carbonyl (C=O) groups is 2. The highest BCUT2D eigenvalue weighted by Crippen LogP contribution is 2.32. The van der Waals surface area contributed by atoms with Gasteiger partial charge in [0.15, 0.2) is 5.60 Å². The van der Waals surface area contributed by atoms with Crippen LogP contribution < -0.4 is 10.1 Å². The largest absolute Gasteiger partial charge is 0.476 e. The van der Waals surface area contributed by atoms with Gasteiger partial charge < -0.3 is 19.4 Å². The Labute approximate surface area is 262 Å². The molecular formula is C38H48N2O4. The molecule has 6 nitrogen and oxygen atoms in total. The van der Waals surface area contributed by atoms with Gasteiger partial charge in [0.05, 0.1) is 13.2 Å². The molecule has 234 valence electrons. The standard InChI is InChI=1S/C38H48N2O4/c1-24(2)23-40-26(4)33(20-27-13-11-16-31(19-27)44-38(8,9)36(42)43-10)32-18-17-29(22-34(32)40)35(41)39-25(3)28-14-12-15-30(21-28)37(5,6)7/h11-19,21-22,24-25H,20,23H2,1-10H3,(H,39,41)/t25-/m0/s1. The van der Waals surface area contributed by atoms with E-state index in [0.717, 1.165) is 28.6 Å². The van der Waals surface area contributed by atoms with E-state index in [4.69, 9.17) is 9.47 Å². The first-order chi connectivity index (χ1) is 20.6. The van der Waals surface area contributed by atoms with Gasteiger partial charge in [-0.25, -0.2) is 4.79 Å². The van der Waals surface area contributed by atoms with Crippen LogP contribution in [0.1, 0.15) is 99.7 Å². The number of nitrogens with one attached hydrogen (secondary N) is 1. The molecule has 1 N–H and O–H groups in total. The number of hydrogen-bond donors (Lipinski definition) is 1. The summed E-state index contributed by atoms with van der Waals surface area (Å²) in [5.74, 6) is 0.530. The summed E-state index contributed by atoms with van der Waals surface area (Å²) in [6.45, 7) is 19.4. The van der Waals surface area contributed by atoms with Crippen molar-refractivity contribution < 1.29 is 19.1 Å². The van der Waals surface area contributed by atoms with Gasteiger partial charge in [0.1, 0.15) is 5.75 Å². The van der Waals surface area contributed by atoms with Crippen molar-refractivity contribution >= 4 is 22.8 Å². The lowest BCUT2D eigenvalue weighted by Gasteiger charge is -2.23. The molecule has 0 aliphatic rings. The fourth-order valence-electron chi connectivity index (χ4n) is 5.66. The minimum atomic E-state index is -1.10. The van der Waals surface area contributed by atoms with Gasteiger partial charge in [0.25, 0.3) is 5.91 Å². The van der Waals surface area contributed by atoms with Crippen molar-refractivity contribution in [3.8, 4) is 5.75 Å². The first-order valence-corrected chi connectivity index (χ1v) is 15.5. The number of benzene rings is 3. The molecule has 0 radical (unpaired) electrons. The summed E-state index contributed by atoms with van der Waals surface area (Å²) in [4.78, 5) is 25.7. The number of esters is 1. The van der Waals surface area contributed by atoms with E-state index in [2.05, 4.69) is 87.8 Å². The predicted molar refractivity (Wildman–Crippen MR) is 179 cm³/mol. The minimum absolute atomic E-state index is 0.0378. The monoisotopic (exact) mass is 596 g/mol. The summed E-state index contributed by atoms with van der Waals surface area (Å²) >= 11 is 0. The molecule has 0 unspecified atom stereocenters. The van der Waals surface area contributed by atoms with Crippen LogP contribution in [-0.4, -0.2) is 29.2 Å². The average Bonchev–Trinajstić information content (AvgIpc) is 3.21. The van der Waals surface area contributed by atoms with E-state index in [0.29, 0.717) is 23.7 Å². The predicted octanol–water partition coefficient (Wildman–Crippen LogP) is 8.32. The third kappa shape index (κ3) is 7.35. The number of nitrogens with zero attached hydrogens (tertiary/aromatic N) is 1. The van der Waals surface area contributed by atoms with Crippen LogP contribution in [0.15, 0.2) is 66.7 Å². The van der Waals surface area contributed by atoms with Crippen LogP contribution in [0.4, 0.5) is 0 Å². The van der Waals surface area contributed by atoms with Crippen LogP contribution in [0.3, 0.4) is 0 Å². The molecule has 4 aromatic rings. The normalized spacial score (nSPS) is 12.8. The summed E-state index contributed by atoms with van der Waals surface area (Å²) in [6.07, 6.45) is 0.690. The number of amides is 1. The lowest BCUT2D eigenvalue weighted by Crippen LogP contribution is -2.39. The van der Waals surface area contributed by atoms with Gasteiger partial charge in [-0.2, -0.15) is 0 Å². The average molecular weight is 597 g/mol. The summed E-state index contributed by atoms with van der Waals surface area (Å²) in [5, 5.41) is 4.35. The Bertz CT molecular complexity index is 1660. The molecule has 0 spiro atoms. The summed E-state index contributed by atoms with van der Waals surface area (Å²) in [6, 6.07) is 22.2. The van der Waals surface area contributed by atoms with Gasteiger partial charge in [-0.05, 0) is 92.0 Å². The number of carbonyl (C=O) groups excluding carboxylic acids is 2. The van der Waals surface area contributed by atoms with Crippen molar-refractivity contribution in [1.82, 2.24) is 9.88 Å². The minimum Gasteiger partial charge on any atom is -0.476 e. The summed E-state index contributed by atoms with van der Waals surface area (Å²) < 4.78 is 13.3. The molecule has 1 atom stereocenters. The van der Waals surface area contributed by atoms with E-state index in [9.17, 15) is 9.59 Å². The maximum Gasteiger partial charge on any atom is 0.349 e. The molecular weight excluding hydrogens is 548 g/mol. The number of rotatable bonds is 10. The van der Waals surface area contributed by atoms with Gasteiger partial charge in [0.2, 0.25) is 0 Å². The Morgan fingerprint density at radius 1 is 0.909 bits per heavy atom. The molecule has 4 rings (SSSR count). The van der Waals surface area contributed by atoms with Gasteiger partial charge >= 0.3 is 5.97 Å². The maximum atomic E-state index is 13.5. The van der Waals surface area contributed by atoms with Crippen LogP contribution in [0.2, 0.25) is 0 Å². The Morgan fingerprint density at radius 3 is 2.27 bits per heavy atom. The Morgan fingerprint density at radius 2 is 1.61 bits per heavy atom. The Balaban J connectivity index is 1.64. The molecule has 1 amide bonds. The lowest BCUT2D eigenvalue weighted by atomic mass is 9.85. The lowest BCUT2D eigenvalue weighted by molar-refractivity contribution is -0.156. The molecule has 0 saturated heterocycles. The molecule has 0 aliphatic carbocycles. The fourth-order valence-corrected chi connectivity index (χ4v) is 5.66. The van der Waals surface area contributed by atoms with Gasteiger partial charge in [-0.1, -0.05) is 77.1 Å². The first kappa shape index (κ1) is 32.8. The van der Waals surface area contributed by atoms with Gasteiger partial charge in [-0.3, -0.25) is 4.79 Å².